The van der Waals surface area contributed by atoms with Crippen molar-refractivity contribution in [3.8, 4) is 5.69 Å². The van der Waals surface area contributed by atoms with E-state index in [0.29, 0.717) is 0 Å². The van der Waals surface area contributed by atoms with Crippen molar-refractivity contribution in [3.63, 3.8) is 0 Å². The first kappa shape index (κ1) is 25.4. The minimum atomic E-state index is 0. The topological polar surface area (TPSA) is 4.93 Å². The molecule has 0 bridgehead atoms. The molecule has 4 aromatic rings. The summed E-state index contributed by atoms with van der Waals surface area (Å²) in [7, 11) is 0. The van der Waals surface area contributed by atoms with Crippen LogP contribution in [0, 0.1) is 6.08 Å². The van der Waals surface area contributed by atoms with Gasteiger partial charge in [0.1, 0.15) is 0 Å². The van der Waals surface area contributed by atoms with Crippen LogP contribution >= 0.6 is 0 Å². The standard InChI is InChI=1S/C17H12N.C8H11.2ClH.Ti/c1-2-7-15-12-16(11-14(15)6-1)18-10-9-13-5-3-4-8-17(13)18;1-6-4-5-7(2)8(6)3;;;/h1-12H;4H2,1-3H3;2*1H;/q2*-1;;;+4/p-2. The molecule has 0 spiro atoms. The van der Waals surface area contributed by atoms with E-state index in [1.165, 1.54) is 44.1 Å². The van der Waals surface area contributed by atoms with E-state index in [2.05, 4.69) is 104 Å². The van der Waals surface area contributed by atoms with Gasteiger partial charge >= 0.3 is 21.7 Å². The minimum Gasteiger partial charge on any atom is -1.00 e. The number of hydrogen-bond acceptors (Lipinski definition) is 0. The molecular formula is C25H23Cl2NTi. The predicted molar refractivity (Wildman–Crippen MR) is 112 cm³/mol. The Balaban J connectivity index is 0.000000332. The molecule has 0 saturated heterocycles. The van der Waals surface area contributed by atoms with E-state index in [1.807, 2.05) is 0 Å². The van der Waals surface area contributed by atoms with Crippen molar-refractivity contribution in [1.29, 1.82) is 0 Å². The molecule has 5 rings (SSSR count). The molecule has 0 radical (unpaired) electrons. The molecule has 4 heteroatoms. The summed E-state index contributed by atoms with van der Waals surface area (Å²) in [5.41, 5.74) is 6.74. The van der Waals surface area contributed by atoms with E-state index in [4.69, 9.17) is 0 Å². The molecule has 1 heterocycles. The maximum absolute atomic E-state index is 3.26. The van der Waals surface area contributed by atoms with Crippen molar-refractivity contribution < 1.29 is 46.5 Å². The van der Waals surface area contributed by atoms with Crippen LogP contribution in [0.1, 0.15) is 27.2 Å². The molecule has 0 aliphatic heterocycles. The minimum absolute atomic E-state index is 0. The van der Waals surface area contributed by atoms with Crippen molar-refractivity contribution in [3.05, 3.63) is 95.7 Å². The van der Waals surface area contributed by atoms with Crippen LogP contribution in [0.5, 0.6) is 0 Å². The fourth-order valence-corrected chi connectivity index (χ4v) is 3.43. The third-order valence-electron chi connectivity index (χ3n) is 5.30. The second kappa shape index (κ2) is 10.9. The number of fused-ring (bicyclic) bond motifs is 2. The van der Waals surface area contributed by atoms with Crippen LogP contribution in [0.15, 0.2) is 89.6 Å². The SMILES string of the molecule is CC1=[C-]CC(C)=C1C.[Cl-].[Cl-].[Ti+4].c1ccc2[cH-]c(-n3ccc4ccccc43)cc2c1. The fourth-order valence-electron chi connectivity index (χ4n) is 3.43. The largest absolute Gasteiger partial charge is 4.00 e. The van der Waals surface area contributed by atoms with E-state index >= 15 is 0 Å². The molecule has 0 amide bonds. The van der Waals surface area contributed by atoms with Gasteiger partial charge in [0.15, 0.2) is 0 Å². The Hall–Kier alpha value is -1.64. The molecule has 1 aliphatic carbocycles. The maximum atomic E-state index is 3.26. The summed E-state index contributed by atoms with van der Waals surface area (Å²) in [5.74, 6) is 0. The van der Waals surface area contributed by atoms with Gasteiger partial charge in [-0.3, -0.25) is 6.08 Å². The van der Waals surface area contributed by atoms with Crippen LogP contribution in [-0.4, -0.2) is 4.57 Å². The van der Waals surface area contributed by atoms with Crippen molar-refractivity contribution in [1.82, 2.24) is 4.57 Å². The monoisotopic (exact) mass is 455 g/mol. The average Bonchev–Trinajstić information content (AvgIpc) is 3.35. The Labute approximate surface area is 200 Å². The van der Waals surface area contributed by atoms with E-state index in [-0.39, 0.29) is 46.5 Å². The number of halogens is 2. The molecule has 0 fully saturated rings. The summed E-state index contributed by atoms with van der Waals surface area (Å²) in [6.07, 6.45) is 6.45. The summed E-state index contributed by atoms with van der Waals surface area (Å²) in [4.78, 5) is 0. The summed E-state index contributed by atoms with van der Waals surface area (Å²) in [5, 5.41) is 3.87. The number of para-hydroxylation sites is 1. The number of nitrogens with zero attached hydrogens (tertiary/aromatic N) is 1. The third kappa shape index (κ3) is 5.30. The summed E-state index contributed by atoms with van der Waals surface area (Å²) in [6.45, 7) is 6.44. The molecule has 1 aromatic heterocycles. The number of benzene rings is 2. The fraction of sp³-hybridized carbons (Fsp3) is 0.160. The molecule has 0 saturated carbocycles. The Kier molecular flexibility index (Phi) is 9.59. The zero-order chi connectivity index (χ0) is 18.1. The van der Waals surface area contributed by atoms with Gasteiger partial charge in [0.2, 0.25) is 0 Å². The first-order valence-corrected chi connectivity index (χ1v) is 9.09. The van der Waals surface area contributed by atoms with Crippen LogP contribution in [-0.2, 0) is 21.7 Å². The molecular weight excluding hydrogens is 433 g/mol. The van der Waals surface area contributed by atoms with Gasteiger partial charge in [-0.05, 0) is 23.2 Å². The van der Waals surface area contributed by atoms with Gasteiger partial charge in [0.05, 0.1) is 5.52 Å². The Morgan fingerprint density at radius 1 is 0.862 bits per heavy atom. The molecule has 3 aromatic carbocycles. The average molecular weight is 456 g/mol. The summed E-state index contributed by atoms with van der Waals surface area (Å²) in [6, 6.07) is 23.6. The molecule has 0 N–H and O–H groups in total. The normalized spacial score (nSPS) is 12.4. The quantitative estimate of drug-likeness (QED) is 0.298. The van der Waals surface area contributed by atoms with Gasteiger partial charge < -0.3 is 29.4 Å². The molecule has 0 atom stereocenters. The van der Waals surface area contributed by atoms with Crippen LogP contribution < -0.4 is 24.8 Å². The molecule has 146 valence electrons. The second-order valence-electron chi connectivity index (χ2n) is 6.97. The summed E-state index contributed by atoms with van der Waals surface area (Å²) >= 11 is 0. The number of allylic oxidation sites excluding steroid dienone is 4. The van der Waals surface area contributed by atoms with Gasteiger partial charge in [-0.1, -0.05) is 38.1 Å². The van der Waals surface area contributed by atoms with Crippen LogP contribution in [0.4, 0.5) is 0 Å². The third-order valence-corrected chi connectivity index (χ3v) is 5.30. The smallest absolute Gasteiger partial charge is 1.00 e. The number of rotatable bonds is 1. The van der Waals surface area contributed by atoms with Gasteiger partial charge in [-0.2, -0.15) is 11.1 Å². The molecule has 0 unspecified atom stereocenters. The van der Waals surface area contributed by atoms with Gasteiger partial charge in [0.25, 0.3) is 0 Å². The number of hydrogen-bond donors (Lipinski definition) is 0. The van der Waals surface area contributed by atoms with Crippen molar-refractivity contribution in [2.75, 3.05) is 0 Å². The number of aromatic nitrogens is 1. The van der Waals surface area contributed by atoms with E-state index < -0.39 is 0 Å². The van der Waals surface area contributed by atoms with Gasteiger partial charge in [-0.25, -0.2) is 5.57 Å². The zero-order valence-electron chi connectivity index (χ0n) is 16.8. The summed E-state index contributed by atoms with van der Waals surface area (Å²) < 4.78 is 2.25. The first-order chi connectivity index (χ1) is 12.6. The van der Waals surface area contributed by atoms with Crippen LogP contribution in [0.3, 0.4) is 0 Å². The van der Waals surface area contributed by atoms with Gasteiger partial charge in [0, 0.05) is 6.20 Å². The van der Waals surface area contributed by atoms with Gasteiger partial charge in [-0.15, -0.1) is 54.4 Å². The first-order valence-electron chi connectivity index (χ1n) is 9.09. The second-order valence-corrected chi connectivity index (χ2v) is 6.97. The molecule has 1 nitrogen and oxygen atoms in total. The molecule has 1 aliphatic rings. The van der Waals surface area contributed by atoms with E-state index in [0.717, 1.165) is 6.42 Å². The predicted octanol–water partition coefficient (Wildman–Crippen LogP) is 0.984. The van der Waals surface area contributed by atoms with E-state index in [1.54, 1.807) is 0 Å². The van der Waals surface area contributed by atoms with Crippen molar-refractivity contribution in [2.24, 2.45) is 0 Å². The van der Waals surface area contributed by atoms with Crippen molar-refractivity contribution in [2.45, 2.75) is 27.2 Å². The zero-order valence-corrected chi connectivity index (χ0v) is 19.9. The van der Waals surface area contributed by atoms with Crippen LogP contribution in [0.25, 0.3) is 27.4 Å². The van der Waals surface area contributed by atoms with Crippen molar-refractivity contribution >= 4 is 21.7 Å². The molecule has 29 heavy (non-hydrogen) atoms. The Morgan fingerprint density at radius 3 is 2.10 bits per heavy atom. The maximum Gasteiger partial charge on any atom is 4.00 e. The van der Waals surface area contributed by atoms with Crippen LogP contribution in [0.2, 0.25) is 0 Å². The Morgan fingerprint density at radius 2 is 1.52 bits per heavy atom. The Bertz CT molecular complexity index is 1110. The van der Waals surface area contributed by atoms with E-state index in [9.17, 15) is 0 Å².